The molecule has 0 radical (unpaired) electrons. The molecule has 0 amide bonds. The zero-order chi connectivity index (χ0) is 14.8. The summed E-state index contributed by atoms with van der Waals surface area (Å²) in [5.41, 5.74) is 6.02. The van der Waals surface area contributed by atoms with Crippen LogP contribution in [0.1, 0.15) is 39.5 Å². The van der Waals surface area contributed by atoms with Gasteiger partial charge >= 0.3 is 123 Å². The Kier molecular flexibility index (Phi) is 8.04. The molecule has 0 atom stereocenters. The number of nitrogens with two attached hydrogens (primary N) is 1. The zero-order valence-corrected chi connectivity index (χ0v) is 12.7. The van der Waals surface area contributed by atoms with Gasteiger partial charge in [0.1, 0.15) is 0 Å². The standard InChI is InChI=1S/C16H26BNO2/c1-3-6-13(7-4-2)12-19-14-8-5-9-15(10-14)20-16(17)11-18/h5,8-10,13,17H,3-4,6-7,11-12,18H2,1-2H3. The van der Waals surface area contributed by atoms with Crippen LogP contribution in [0, 0.1) is 5.92 Å². The fourth-order valence-electron chi connectivity index (χ4n) is 2.18. The van der Waals surface area contributed by atoms with Crippen molar-refractivity contribution in [1.29, 1.82) is 0 Å². The number of benzene rings is 1. The summed E-state index contributed by atoms with van der Waals surface area (Å²) in [6, 6.07) is 7.63. The summed E-state index contributed by atoms with van der Waals surface area (Å²) < 4.78 is 11.4. The van der Waals surface area contributed by atoms with Gasteiger partial charge in [-0.3, -0.25) is 0 Å². The molecule has 110 valence electrons. The van der Waals surface area contributed by atoms with Crippen LogP contribution in [-0.4, -0.2) is 26.3 Å². The van der Waals surface area contributed by atoms with Gasteiger partial charge in [0, 0.05) is 0 Å². The third kappa shape index (κ3) is 6.24. The predicted octanol–water partition coefficient (Wildman–Crippen LogP) is 2.65. The first-order valence-electron chi connectivity index (χ1n) is 7.48. The molecule has 0 saturated carbocycles. The first-order chi connectivity index (χ1) is 9.69. The van der Waals surface area contributed by atoms with Crippen LogP contribution in [0.2, 0.25) is 0 Å². The van der Waals surface area contributed by atoms with Crippen molar-refractivity contribution in [3.63, 3.8) is 0 Å². The van der Waals surface area contributed by atoms with Gasteiger partial charge in [-0.15, -0.1) is 0 Å². The summed E-state index contributed by atoms with van der Waals surface area (Å²) in [6.07, 6.45) is 4.84. The molecule has 1 rings (SSSR count). The molecule has 0 spiro atoms. The molecule has 0 fully saturated rings. The molecule has 3 nitrogen and oxygen atoms in total. The monoisotopic (exact) mass is 275 g/mol. The summed E-state index contributed by atoms with van der Waals surface area (Å²) in [4.78, 5) is 0. The van der Waals surface area contributed by atoms with E-state index in [4.69, 9.17) is 15.2 Å². The second-order valence-corrected chi connectivity index (χ2v) is 5.07. The number of ether oxygens (including phenoxy) is 2. The molecule has 4 heteroatoms. The van der Waals surface area contributed by atoms with Crippen molar-refractivity contribution in [1.82, 2.24) is 0 Å². The first kappa shape index (κ1) is 16.8. The summed E-state index contributed by atoms with van der Waals surface area (Å²) in [6.45, 7) is 5.52. The van der Waals surface area contributed by atoms with Crippen LogP contribution >= 0.6 is 0 Å². The number of rotatable bonds is 10. The van der Waals surface area contributed by atoms with E-state index in [0.29, 0.717) is 18.1 Å². The number of hydrogen-bond acceptors (Lipinski definition) is 3. The van der Waals surface area contributed by atoms with Crippen molar-refractivity contribution in [2.24, 2.45) is 11.7 Å². The quantitative estimate of drug-likeness (QED) is 0.668. The van der Waals surface area contributed by atoms with E-state index in [9.17, 15) is 0 Å². The first-order valence-corrected chi connectivity index (χ1v) is 7.48. The fourth-order valence-corrected chi connectivity index (χ4v) is 2.18. The van der Waals surface area contributed by atoms with Crippen LogP contribution in [0.15, 0.2) is 24.3 Å². The molecular weight excluding hydrogens is 249 g/mol. The van der Waals surface area contributed by atoms with Crippen molar-refractivity contribution in [2.75, 3.05) is 13.2 Å². The third-order valence-electron chi connectivity index (χ3n) is 3.17. The van der Waals surface area contributed by atoms with Gasteiger partial charge in [-0.2, -0.15) is 0 Å². The second-order valence-electron chi connectivity index (χ2n) is 5.07. The minimum absolute atomic E-state index is 0.320. The van der Waals surface area contributed by atoms with E-state index in [2.05, 4.69) is 21.3 Å². The maximum atomic E-state index is 5.89. The van der Waals surface area contributed by atoms with E-state index in [1.54, 1.807) is 0 Å². The van der Waals surface area contributed by atoms with E-state index in [0.717, 1.165) is 18.1 Å². The van der Waals surface area contributed by atoms with Crippen LogP contribution in [0.3, 0.4) is 0 Å². The Hall–Kier alpha value is -1.29. The Morgan fingerprint density at radius 2 is 1.85 bits per heavy atom. The van der Waals surface area contributed by atoms with Gasteiger partial charge in [0.25, 0.3) is 0 Å². The Labute approximate surface area is 123 Å². The average Bonchev–Trinajstić information content (AvgIpc) is 2.45. The van der Waals surface area contributed by atoms with Crippen molar-refractivity contribution in [3.8, 4) is 11.5 Å². The van der Waals surface area contributed by atoms with Gasteiger partial charge in [-0.1, -0.05) is 0 Å². The van der Waals surface area contributed by atoms with Crippen molar-refractivity contribution in [3.05, 3.63) is 24.3 Å². The van der Waals surface area contributed by atoms with Crippen LogP contribution < -0.4 is 15.2 Å². The molecule has 20 heavy (non-hydrogen) atoms. The van der Waals surface area contributed by atoms with E-state index in [1.165, 1.54) is 25.7 Å². The Balaban J connectivity index is 2.54. The van der Waals surface area contributed by atoms with Gasteiger partial charge < -0.3 is 0 Å². The normalized spacial score (nSPS) is 10.6. The van der Waals surface area contributed by atoms with Gasteiger partial charge in [-0.25, -0.2) is 0 Å². The Morgan fingerprint density at radius 1 is 1.20 bits per heavy atom. The number of hydrogen-bond donors (Lipinski definition) is 1. The van der Waals surface area contributed by atoms with Crippen LogP contribution in [0.4, 0.5) is 0 Å². The molecule has 1 aromatic rings. The van der Waals surface area contributed by atoms with Gasteiger partial charge in [-0.05, 0) is 0 Å². The van der Waals surface area contributed by atoms with Gasteiger partial charge in [0.15, 0.2) is 0 Å². The van der Waals surface area contributed by atoms with Crippen LogP contribution in [0.25, 0.3) is 0 Å². The molecule has 0 unspecified atom stereocenters. The third-order valence-corrected chi connectivity index (χ3v) is 3.17. The zero-order valence-electron chi connectivity index (χ0n) is 12.7. The van der Waals surface area contributed by atoms with E-state index in [-0.39, 0.29) is 0 Å². The molecule has 0 aliphatic carbocycles. The van der Waals surface area contributed by atoms with E-state index in [1.807, 2.05) is 24.3 Å². The van der Waals surface area contributed by atoms with Crippen molar-refractivity contribution >= 4 is 13.1 Å². The molecule has 1 aromatic carbocycles. The van der Waals surface area contributed by atoms with E-state index >= 15 is 0 Å². The van der Waals surface area contributed by atoms with Crippen molar-refractivity contribution < 1.29 is 9.47 Å². The topological polar surface area (TPSA) is 44.5 Å². The Morgan fingerprint density at radius 3 is 2.45 bits per heavy atom. The predicted molar refractivity (Wildman–Crippen MR) is 87.1 cm³/mol. The molecule has 0 bridgehead atoms. The molecule has 0 aromatic heterocycles. The molecule has 0 aliphatic rings. The average molecular weight is 275 g/mol. The summed E-state index contributed by atoms with van der Waals surface area (Å²) in [7, 11) is 3.73. The fraction of sp³-hybridized carbons (Fsp3) is 0.562. The molecule has 0 heterocycles. The second kappa shape index (κ2) is 9.59. The summed E-state index contributed by atoms with van der Waals surface area (Å²) >= 11 is 0. The molecule has 0 aliphatic heterocycles. The minimum atomic E-state index is 0.320. The molecular formula is C16H26BNO2. The SMILES string of the molecule is B=C(CN)Oc1cccc(OCC(CCC)CCC)c1. The van der Waals surface area contributed by atoms with Crippen molar-refractivity contribution in [2.45, 2.75) is 39.5 Å². The van der Waals surface area contributed by atoms with Gasteiger partial charge in [0.05, 0.1) is 0 Å². The van der Waals surface area contributed by atoms with E-state index < -0.39 is 0 Å². The Bertz CT molecular complexity index is 403. The maximum absolute atomic E-state index is 5.89. The molecule has 2 N–H and O–H groups in total. The summed E-state index contributed by atoms with van der Waals surface area (Å²) in [5.74, 6) is 2.19. The van der Waals surface area contributed by atoms with Crippen LogP contribution in [-0.2, 0) is 0 Å². The van der Waals surface area contributed by atoms with Crippen LogP contribution in [0.5, 0.6) is 11.5 Å². The molecule has 0 saturated heterocycles. The van der Waals surface area contributed by atoms with Gasteiger partial charge in [0.2, 0.25) is 0 Å². The summed E-state index contributed by atoms with van der Waals surface area (Å²) in [5, 5.41) is 0.